The van der Waals surface area contributed by atoms with Gasteiger partial charge in [-0.2, -0.15) is 5.26 Å². The van der Waals surface area contributed by atoms with Crippen LogP contribution in [0.2, 0.25) is 5.02 Å². The number of primary amides is 1. The number of carbonyl (C=O) groups excluding carboxylic acids is 1. The van der Waals surface area contributed by atoms with Crippen LogP contribution < -0.4 is 15.2 Å². The summed E-state index contributed by atoms with van der Waals surface area (Å²) in [5, 5.41) is 21.4. The van der Waals surface area contributed by atoms with Crippen LogP contribution in [0.5, 0.6) is 11.5 Å². The Bertz CT molecular complexity index is 1610. The zero-order valence-corrected chi connectivity index (χ0v) is 25.1. The molecule has 5 rings (SSSR count). The van der Waals surface area contributed by atoms with Gasteiger partial charge in [0.1, 0.15) is 36.4 Å². The molecule has 0 radical (unpaired) electrons. The minimum atomic E-state index is -1.29. The van der Waals surface area contributed by atoms with Gasteiger partial charge in [-0.3, -0.25) is 14.7 Å². The molecule has 0 saturated carbocycles. The molecular formula is C34H35ClN4O4. The maximum Gasteiger partial charge on any atom is 0.234 e. The molecule has 1 saturated heterocycles. The molecule has 1 fully saturated rings. The van der Waals surface area contributed by atoms with Crippen LogP contribution >= 0.6 is 11.6 Å². The van der Waals surface area contributed by atoms with Crippen LogP contribution in [0.4, 0.5) is 0 Å². The number of ether oxygens (including phenoxy) is 2. The maximum atomic E-state index is 12.1. The highest BCUT2D eigenvalue weighted by molar-refractivity contribution is 6.32. The monoisotopic (exact) mass is 598 g/mol. The van der Waals surface area contributed by atoms with Gasteiger partial charge in [-0.1, -0.05) is 54.9 Å². The Labute approximate surface area is 257 Å². The number of aryl methyl sites for hydroxylation is 1. The van der Waals surface area contributed by atoms with E-state index in [4.69, 9.17) is 26.8 Å². The van der Waals surface area contributed by atoms with Gasteiger partial charge < -0.3 is 20.3 Å². The Morgan fingerprint density at radius 1 is 1.26 bits per heavy atom. The van der Waals surface area contributed by atoms with Crippen molar-refractivity contribution >= 4 is 23.1 Å². The molecule has 3 aromatic rings. The molecule has 2 heterocycles. The number of rotatable bonds is 10. The van der Waals surface area contributed by atoms with Gasteiger partial charge in [0.15, 0.2) is 0 Å². The van der Waals surface area contributed by atoms with Crippen molar-refractivity contribution in [3.8, 4) is 17.6 Å². The number of likely N-dealkylation sites (tertiary alicyclic amines) is 1. The predicted octanol–water partition coefficient (Wildman–Crippen LogP) is 5.34. The summed E-state index contributed by atoms with van der Waals surface area (Å²) in [6.45, 7) is 5.27. The summed E-state index contributed by atoms with van der Waals surface area (Å²) < 4.78 is 12.4. The van der Waals surface area contributed by atoms with Crippen molar-refractivity contribution in [3.63, 3.8) is 0 Å². The summed E-state index contributed by atoms with van der Waals surface area (Å²) in [6, 6.07) is 15.1. The van der Waals surface area contributed by atoms with E-state index in [0.717, 1.165) is 28.7 Å². The minimum Gasteiger partial charge on any atom is -0.489 e. The molecule has 1 aliphatic carbocycles. The number of nitrogens with two attached hydrogens (primary N) is 1. The molecule has 1 amide bonds. The smallest absolute Gasteiger partial charge is 0.234 e. The largest absolute Gasteiger partial charge is 0.489 e. The molecule has 2 aliphatic rings. The summed E-state index contributed by atoms with van der Waals surface area (Å²) in [5.41, 5.74) is 9.50. The van der Waals surface area contributed by atoms with E-state index in [-0.39, 0.29) is 31.1 Å². The van der Waals surface area contributed by atoms with Gasteiger partial charge in [-0.25, -0.2) is 0 Å². The fraction of sp³-hybridized carbons (Fsp3) is 0.324. The van der Waals surface area contributed by atoms with Gasteiger partial charge in [-0.15, -0.1) is 0 Å². The Hall–Kier alpha value is -4.16. The molecule has 3 N–H and O–H groups in total. The number of aromatic nitrogens is 1. The van der Waals surface area contributed by atoms with E-state index in [2.05, 4.69) is 30.1 Å². The highest BCUT2D eigenvalue weighted by atomic mass is 35.5. The molecule has 0 spiro atoms. The highest BCUT2D eigenvalue weighted by Crippen LogP contribution is 2.40. The number of amides is 1. The maximum absolute atomic E-state index is 12.1. The van der Waals surface area contributed by atoms with E-state index >= 15 is 0 Å². The van der Waals surface area contributed by atoms with Gasteiger partial charge in [0.2, 0.25) is 5.91 Å². The quantitative estimate of drug-likeness (QED) is 0.323. The number of hydrogen-bond acceptors (Lipinski definition) is 7. The Kier molecular flexibility index (Phi) is 9.16. The zero-order valence-electron chi connectivity index (χ0n) is 24.3. The number of nitriles is 1. The van der Waals surface area contributed by atoms with E-state index in [0.29, 0.717) is 47.2 Å². The van der Waals surface area contributed by atoms with Crippen LogP contribution in [-0.4, -0.2) is 45.7 Å². The summed E-state index contributed by atoms with van der Waals surface area (Å²) in [6.07, 6.45) is 10.3. The Morgan fingerprint density at radius 2 is 2.07 bits per heavy atom. The van der Waals surface area contributed by atoms with Crippen LogP contribution in [0.25, 0.3) is 5.57 Å². The minimum absolute atomic E-state index is 0.0434. The van der Waals surface area contributed by atoms with Crippen molar-refractivity contribution in [3.05, 3.63) is 106 Å². The van der Waals surface area contributed by atoms with Crippen molar-refractivity contribution < 1.29 is 19.4 Å². The molecule has 1 aromatic heterocycles. The SMILES string of the molecule is Cc1ccccc1C1=CC=CC(O)(COc2cc(OCc3cncc(C#N)c3)cc(CN3CCC[C@H]3C(N)=O)c2Cl)C1C. The number of carbonyl (C=O) groups is 1. The number of benzene rings is 2. The molecular weight excluding hydrogens is 564 g/mol. The lowest BCUT2D eigenvalue weighted by molar-refractivity contribution is -0.122. The molecule has 0 bridgehead atoms. The molecule has 8 nitrogen and oxygen atoms in total. The lowest BCUT2D eigenvalue weighted by Crippen LogP contribution is -2.42. The van der Waals surface area contributed by atoms with E-state index in [1.54, 1.807) is 24.4 Å². The first-order valence-corrected chi connectivity index (χ1v) is 14.7. The fourth-order valence-corrected chi connectivity index (χ4v) is 5.97. The first-order valence-electron chi connectivity index (χ1n) is 14.3. The van der Waals surface area contributed by atoms with Crippen LogP contribution in [0.15, 0.2) is 73.1 Å². The third kappa shape index (κ3) is 6.75. The summed E-state index contributed by atoms with van der Waals surface area (Å²) in [4.78, 5) is 18.2. The fourth-order valence-electron chi connectivity index (χ4n) is 5.74. The molecule has 3 atom stereocenters. The number of pyridine rings is 1. The van der Waals surface area contributed by atoms with Crippen molar-refractivity contribution in [2.24, 2.45) is 11.7 Å². The summed E-state index contributed by atoms with van der Waals surface area (Å²) >= 11 is 6.91. The number of nitrogens with zero attached hydrogens (tertiary/aromatic N) is 3. The molecule has 2 aromatic carbocycles. The number of aliphatic hydroxyl groups is 1. The number of halogens is 1. The molecule has 43 heavy (non-hydrogen) atoms. The number of allylic oxidation sites excluding steroid dienone is 2. The number of hydrogen-bond donors (Lipinski definition) is 2. The summed E-state index contributed by atoms with van der Waals surface area (Å²) in [7, 11) is 0. The van der Waals surface area contributed by atoms with Crippen LogP contribution in [0.3, 0.4) is 0 Å². The van der Waals surface area contributed by atoms with E-state index in [1.165, 1.54) is 6.20 Å². The molecule has 222 valence electrons. The van der Waals surface area contributed by atoms with E-state index in [9.17, 15) is 15.2 Å². The third-order valence-corrected chi connectivity index (χ3v) is 8.70. The summed E-state index contributed by atoms with van der Waals surface area (Å²) in [5.74, 6) is 0.234. The average Bonchev–Trinajstić information content (AvgIpc) is 3.47. The Morgan fingerprint density at radius 3 is 2.84 bits per heavy atom. The normalized spacial score (nSPS) is 21.7. The zero-order chi connectivity index (χ0) is 30.6. The lowest BCUT2D eigenvalue weighted by Gasteiger charge is -2.35. The van der Waals surface area contributed by atoms with Crippen molar-refractivity contribution in [1.29, 1.82) is 5.26 Å². The first kappa shape index (κ1) is 30.3. The van der Waals surface area contributed by atoms with E-state index in [1.807, 2.05) is 42.2 Å². The van der Waals surface area contributed by atoms with Gasteiger partial charge in [0, 0.05) is 36.5 Å². The topological polar surface area (TPSA) is 122 Å². The van der Waals surface area contributed by atoms with Crippen molar-refractivity contribution in [2.45, 2.75) is 51.5 Å². The third-order valence-electron chi connectivity index (χ3n) is 8.28. The average molecular weight is 599 g/mol. The van der Waals surface area contributed by atoms with E-state index < -0.39 is 5.60 Å². The second kappa shape index (κ2) is 13.0. The van der Waals surface area contributed by atoms with Gasteiger partial charge in [-0.05, 0) is 66.8 Å². The van der Waals surface area contributed by atoms with Gasteiger partial charge in [0.25, 0.3) is 0 Å². The lowest BCUT2D eigenvalue weighted by atomic mass is 9.76. The molecule has 1 aliphatic heterocycles. The molecule has 9 heteroatoms. The van der Waals surface area contributed by atoms with Gasteiger partial charge in [0.05, 0.1) is 16.6 Å². The standard InChI is InChI=1S/C34H35ClN4O4/c1-22-7-3-4-8-28(22)29-9-5-11-34(41,23(29)2)21-43-31-15-27(42-20-25-13-24(16-36)17-38-18-25)14-26(32(31)35)19-39-12-6-10-30(39)33(37)40/h3-5,7-9,11,13-15,17-18,23,30,41H,6,10,12,19-21H2,1-2H3,(H2,37,40)/t23?,30-,34?/m0/s1. The van der Waals surface area contributed by atoms with Crippen LogP contribution in [-0.2, 0) is 17.9 Å². The van der Waals surface area contributed by atoms with Crippen molar-refractivity contribution in [2.75, 3.05) is 13.2 Å². The van der Waals surface area contributed by atoms with Crippen LogP contribution in [0, 0.1) is 24.2 Å². The second-order valence-electron chi connectivity index (χ2n) is 11.2. The highest BCUT2D eigenvalue weighted by Gasteiger charge is 2.37. The van der Waals surface area contributed by atoms with Gasteiger partial charge >= 0.3 is 0 Å². The second-order valence-corrected chi connectivity index (χ2v) is 11.6. The molecule has 2 unspecified atom stereocenters. The first-order chi connectivity index (χ1) is 20.7. The van der Waals surface area contributed by atoms with Crippen LogP contribution in [0.1, 0.15) is 47.6 Å². The van der Waals surface area contributed by atoms with Crippen molar-refractivity contribution in [1.82, 2.24) is 9.88 Å². The predicted molar refractivity (Wildman–Crippen MR) is 165 cm³/mol. The Balaban J connectivity index is 1.40.